The van der Waals surface area contributed by atoms with Crippen molar-refractivity contribution in [2.24, 2.45) is 0 Å². The lowest BCUT2D eigenvalue weighted by atomic mass is 10.1. The fourth-order valence-corrected chi connectivity index (χ4v) is 2.24. The van der Waals surface area contributed by atoms with Crippen molar-refractivity contribution in [1.82, 2.24) is 5.32 Å². The smallest absolute Gasteiger partial charge is 0.270 e. The van der Waals surface area contributed by atoms with Crippen LogP contribution in [0.2, 0.25) is 5.02 Å². The number of hydrogen-bond acceptors (Lipinski definition) is 3. The van der Waals surface area contributed by atoms with Crippen LogP contribution in [-0.2, 0) is 0 Å². The van der Waals surface area contributed by atoms with E-state index in [4.69, 9.17) is 11.6 Å². The van der Waals surface area contributed by atoms with E-state index in [0.29, 0.717) is 5.02 Å². The number of benzene rings is 2. The molecule has 0 fully saturated rings. The van der Waals surface area contributed by atoms with Gasteiger partial charge in [-0.1, -0.05) is 35.9 Å². The van der Waals surface area contributed by atoms with Crippen molar-refractivity contribution in [2.45, 2.75) is 13.0 Å². The van der Waals surface area contributed by atoms with E-state index in [1.54, 1.807) is 19.1 Å². The zero-order valence-corrected chi connectivity index (χ0v) is 12.0. The number of carbonyl (C=O) groups excluding carboxylic acids is 1. The third-order valence-electron chi connectivity index (χ3n) is 3.04. The van der Waals surface area contributed by atoms with Crippen LogP contribution >= 0.6 is 11.6 Å². The molecule has 0 saturated carbocycles. The molecule has 0 aliphatic rings. The van der Waals surface area contributed by atoms with E-state index >= 15 is 0 Å². The first-order valence-electron chi connectivity index (χ1n) is 6.29. The molecule has 0 spiro atoms. The minimum Gasteiger partial charge on any atom is -0.345 e. The Bertz CT molecular complexity index is 688. The molecule has 0 heterocycles. The fraction of sp³-hybridized carbons (Fsp3) is 0.133. The maximum atomic E-state index is 12.1. The summed E-state index contributed by atoms with van der Waals surface area (Å²) in [5, 5.41) is 14.1. The Morgan fingerprint density at radius 3 is 2.62 bits per heavy atom. The number of rotatable bonds is 4. The summed E-state index contributed by atoms with van der Waals surface area (Å²) < 4.78 is 0. The number of nitro groups is 1. The lowest BCUT2D eigenvalue weighted by Gasteiger charge is -2.15. The van der Waals surface area contributed by atoms with Gasteiger partial charge in [0.1, 0.15) is 0 Å². The number of hydrogen-bond donors (Lipinski definition) is 1. The largest absolute Gasteiger partial charge is 0.345 e. The molecule has 0 bridgehead atoms. The van der Waals surface area contributed by atoms with Crippen molar-refractivity contribution < 1.29 is 9.72 Å². The highest BCUT2D eigenvalue weighted by atomic mass is 35.5. The Labute approximate surface area is 126 Å². The SMILES string of the molecule is CC(NC(=O)c1cccc([N+](=O)[O-])c1)c1ccccc1Cl. The molecule has 1 N–H and O–H groups in total. The van der Waals surface area contributed by atoms with E-state index in [0.717, 1.165) is 5.56 Å². The highest BCUT2D eigenvalue weighted by Crippen LogP contribution is 2.22. The Kier molecular flexibility index (Phi) is 4.55. The second-order valence-electron chi connectivity index (χ2n) is 4.52. The summed E-state index contributed by atoms with van der Waals surface area (Å²) in [6, 6.07) is 12.5. The van der Waals surface area contributed by atoms with Crippen molar-refractivity contribution in [3.8, 4) is 0 Å². The van der Waals surface area contributed by atoms with Crippen LogP contribution in [-0.4, -0.2) is 10.8 Å². The molecule has 5 nitrogen and oxygen atoms in total. The number of amides is 1. The van der Waals surface area contributed by atoms with Gasteiger partial charge in [0, 0.05) is 22.7 Å². The van der Waals surface area contributed by atoms with Crippen LogP contribution in [0.15, 0.2) is 48.5 Å². The van der Waals surface area contributed by atoms with Gasteiger partial charge in [-0.2, -0.15) is 0 Å². The summed E-state index contributed by atoms with van der Waals surface area (Å²) in [7, 11) is 0. The summed E-state index contributed by atoms with van der Waals surface area (Å²) in [6.07, 6.45) is 0. The zero-order chi connectivity index (χ0) is 15.4. The highest BCUT2D eigenvalue weighted by molar-refractivity contribution is 6.31. The van der Waals surface area contributed by atoms with Crippen LogP contribution in [0.1, 0.15) is 28.9 Å². The van der Waals surface area contributed by atoms with Crippen molar-refractivity contribution >= 4 is 23.2 Å². The second-order valence-corrected chi connectivity index (χ2v) is 4.93. The van der Waals surface area contributed by atoms with E-state index in [1.807, 2.05) is 12.1 Å². The molecule has 108 valence electrons. The third kappa shape index (κ3) is 3.58. The van der Waals surface area contributed by atoms with Crippen LogP contribution < -0.4 is 5.32 Å². The second kappa shape index (κ2) is 6.37. The van der Waals surface area contributed by atoms with Crippen LogP contribution in [0.4, 0.5) is 5.69 Å². The predicted octanol–water partition coefficient (Wildman–Crippen LogP) is 3.74. The van der Waals surface area contributed by atoms with Crippen LogP contribution in [0, 0.1) is 10.1 Å². The van der Waals surface area contributed by atoms with Gasteiger partial charge >= 0.3 is 0 Å². The molecule has 0 aromatic heterocycles. The maximum absolute atomic E-state index is 12.1. The third-order valence-corrected chi connectivity index (χ3v) is 3.38. The Balaban J connectivity index is 2.16. The first-order chi connectivity index (χ1) is 9.99. The number of nitro benzene ring substituents is 1. The number of halogens is 1. The molecule has 1 atom stereocenters. The standard InChI is InChI=1S/C15H13ClN2O3/c1-10(13-7-2-3-8-14(13)16)17-15(19)11-5-4-6-12(9-11)18(20)21/h2-10H,1H3,(H,17,19). The van der Waals surface area contributed by atoms with Crippen LogP contribution in [0.3, 0.4) is 0 Å². The molecule has 0 aliphatic carbocycles. The molecule has 1 amide bonds. The molecule has 0 saturated heterocycles. The van der Waals surface area contributed by atoms with E-state index in [-0.39, 0.29) is 23.2 Å². The van der Waals surface area contributed by atoms with Gasteiger partial charge in [0.05, 0.1) is 11.0 Å². The molecule has 2 aromatic carbocycles. The average molecular weight is 305 g/mol. The summed E-state index contributed by atoms with van der Waals surface area (Å²) in [5.41, 5.74) is 0.911. The molecule has 0 aliphatic heterocycles. The fourth-order valence-electron chi connectivity index (χ4n) is 1.94. The normalized spacial score (nSPS) is 11.7. The molecule has 0 radical (unpaired) electrons. The Hall–Kier alpha value is -2.40. The molecular weight excluding hydrogens is 292 g/mol. The quantitative estimate of drug-likeness (QED) is 0.691. The lowest BCUT2D eigenvalue weighted by Crippen LogP contribution is -2.26. The number of nitrogens with zero attached hydrogens (tertiary/aromatic N) is 1. The molecule has 2 rings (SSSR count). The predicted molar refractivity (Wildman–Crippen MR) is 80.4 cm³/mol. The van der Waals surface area contributed by atoms with Gasteiger partial charge in [-0.05, 0) is 24.6 Å². The Morgan fingerprint density at radius 1 is 1.24 bits per heavy atom. The topological polar surface area (TPSA) is 72.2 Å². The van der Waals surface area contributed by atoms with Gasteiger partial charge in [-0.3, -0.25) is 14.9 Å². The number of non-ortho nitro benzene ring substituents is 1. The minimum absolute atomic E-state index is 0.118. The van der Waals surface area contributed by atoms with Gasteiger partial charge < -0.3 is 5.32 Å². The van der Waals surface area contributed by atoms with Gasteiger partial charge in [0.25, 0.3) is 11.6 Å². The molecule has 2 aromatic rings. The summed E-state index contributed by atoms with van der Waals surface area (Å²) in [5.74, 6) is -0.383. The van der Waals surface area contributed by atoms with Gasteiger partial charge in [0.15, 0.2) is 0 Å². The van der Waals surface area contributed by atoms with Gasteiger partial charge in [-0.15, -0.1) is 0 Å². The first-order valence-corrected chi connectivity index (χ1v) is 6.66. The monoisotopic (exact) mass is 304 g/mol. The summed E-state index contributed by atoms with van der Waals surface area (Å²) in [4.78, 5) is 22.3. The maximum Gasteiger partial charge on any atom is 0.270 e. The van der Waals surface area contributed by atoms with Gasteiger partial charge in [0.2, 0.25) is 0 Å². The summed E-state index contributed by atoms with van der Waals surface area (Å²) in [6.45, 7) is 1.80. The molecule has 21 heavy (non-hydrogen) atoms. The van der Waals surface area contributed by atoms with E-state index in [1.165, 1.54) is 24.3 Å². The van der Waals surface area contributed by atoms with Crippen molar-refractivity contribution in [3.05, 3.63) is 74.8 Å². The molecule has 6 heteroatoms. The zero-order valence-electron chi connectivity index (χ0n) is 11.2. The minimum atomic E-state index is -0.533. The van der Waals surface area contributed by atoms with Crippen molar-refractivity contribution in [2.75, 3.05) is 0 Å². The first kappa shape index (κ1) is 15.0. The van der Waals surface area contributed by atoms with E-state index < -0.39 is 4.92 Å². The number of nitrogens with one attached hydrogen (secondary N) is 1. The van der Waals surface area contributed by atoms with Crippen LogP contribution in [0.5, 0.6) is 0 Å². The molecule has 1 unspecified atom stereocenters. The van der Waals surface area contributed by atoms with Crippen molar-refractivity contribution in [1.29, 1.82) is 0 Å². The molecular formula is C15H13ClN2O3. The summed E-state index contributed by atoms with van der Waals surface area (Å²) >= 11 is 6.07. The van der Waals surface area contributed by atoms with E-state index in [2.05, 4.69) is 5.32 Å². The highest BCUT2D eigenvalue weighted by Gasteiger charge is 2.15. The van der Waals surface area contributed by atoms with Gasteiger partial charge in [-0.25, -0.2) is 0 Å². The van der Waals surface area contributed by atoms with E-state index in [9.17, 15) is 14.9 Å². The number of carbonyl (C=O) groups is 1. The van der Waals surface area contributed by atoms with Crippen LogP contribution in [0.25, 0.3) is 0 Å². The lowest BCUT2D eigenvalue weighted by molar-refractivity contribution is -0.384. The van der Waals surface area contributed by atoms with Crippen molar-refractivity contribution in [3.63, 3.8) is 0 Å². The Morgan fingerprint density at radius 2 is 1.95 bits per heavy atom. The average Bonchev–Trinajstić information content (AvgIpc) is 2.47.